The molecular weight excluding hydrogens is 350 g/mol. The van der Waals surface area contributed by atoms with Crippen molar-refractivity contribution in [2.45, 2.75) is 56.6 Å². The number of carbonyl (C=O) groups excluding carboxylic acids is 1. The van der Waals surface area contributed by atoms with E-state index in [2.05, 4.69) is 36.0 Å². The van der Waals surface area contributed by atoms with E-state index in [9.17, 15) is 4.79 Å². The number of rotatable bonds is 6. The van der Waals surface area contributed by atoms with Crippen molar-refractivity contribution < 1.29 is 14.3 Å². The lowest BCUT2D eigenvalue weighted by atomic mass is 10.0. The van der Waals surface area contributed by atoms with Crippen LogP contribution in [0.4, 0.5) is 16.4 Å². The number of hydrogen-bond donors (Lipinski definition) is 3. The van der Waals surface area contributed by atoms with E-state index in [1.807, 2.05) is 13.0 Å². The van der Waals surface area contributed by atoms with Gasteiger partial charge in [-0.05, 0) is 39.0 Å². The van der Waals surface area contributed by atoms with Crippen LogP contribution < -0.4 is 15.4 Å². The number of carbonyl (C=O) groups is 1. The zero-order valence-corrected chi connectivity index (χ0v) is 15.4. The van der Waals surface area contributed by atoms with E-state index in [1.165, 1.54) is 13.3 Å². The van der Waals surface area contributed by atoms with E-state index in [0.717, 1.165) is 37.8 Å². The highest BCUT2D eigenvalue weighted by atomic mass is 16.6. The molecule has 0 saturated heterocycles. The van der Waals surface area contributed by atoms with Crippen LogP contribution in [0.1, 0.15) is 50.6 Å². The topological polar surface area (TPSA) is 127 Å². The van der Waals surface area contributed by atoms with Crippen molar-refractivity contribution in [3.05, 3.63) is 18.0 Å². The number of hydrogen-bond acceptors (Lipinski definition) is 8. The third kappa shape index (κ3) is 4.26. The fourth-order valence-corrected chi connectivity index (χ4v) is 3.24. The monoisotopic (exact) mass is 373 g/mol. The predicted molar refractivity (Wildman–Crippen MR) is 95.9 cm³/mol. The largest absolute Gasteiger partial charge is 0.466 e. The maximum absolute atomic E-state index is 12.0. The van der Waals surface area contributed by atoms with Gasteiger partial charge in [0.1, 0.15) is 6.10 Å². The van der Waals surface area contributed by atoms with Crippen LogP contribution in [0.15, 0.2) is 12.3 Å². The molecule has 0 aliphatic heterocycles. The van der Waals surface area contributed by atoms with Crippen molar-refractivity contribution in [3.63, 3.8) is 0 Å². The molecule has 2 heterocycles. The second kappa shape index (κ2) is 7.01. The summed E-state index contributed by atoms with van der Waals surface area (Å²) in [6, 6.07) is 2.12. The maximum Gasteiger partial charge on any atom is 0.407 e. The highest BCUT2D eigenvalue weighted by molar-refractivity contribution is 5.69. The van der Waals surface area contributed by atoms with Gasteiger partial charge in [-0.1, -0.05) is 5.10 Å². The molecule has 2 aromatic heterocycles. The van der Waals surface area contributed by atoms with Gasteiger partial charge in [-0.3, -0.25) is 5.10 Å². The van der Waals surface area contributed by atoms with Gasteiger partial charge in [0, 0.05) is 23.2 Å². The predicted octanol–water partition coefficient (Wildman–Crippen LogP) is 2.26. The van der Waals surface area contributed by atoms with Gasteiger partial charge in [-0.25, -0.2) is 4.79 Å². The number of aromatic nitrogens is 5. The van der Waals surface area contributed by atoms with Crippen LogP contribution in [-0.4, -0.2) is 50.2 Å². The van der Waals surface area contributed by atoms with Crippen LogP contribution in [0, 0.1) is 0 Å². The fraction of sp³-hybridized carbons (Fsp3) is 0.588. The van der Waals surface area contributed by atoms with Gasteiger partial charge in [0.2, 0.25) is 0 Å². The van der Waals surface area contributed by atoms with Gasteiger partial charge in [0.05, 0.1) is 13.3 Å². The van der Waals surface area contributed by atoms with Gasteiger partial charge >= 0.3 is 12.1 Å². The van der Waals surface area contributed by atoms with Gasteiger partial charge in [-0.2, -0.15) is 15.2 Å². The number of alkyl carbamates (subject to hydrolysis) is 1. The first kappa shape index (κ1) is 17.5. The summed E-state index contributed by atoms with van der Waals surface area (Å²) in [6.45, 7) is 2.04. The molecule has 2 aromatic rings. The van der Waals surface area contributed by atoms with Crippen LogP contribution >= 0.6 is 0 Å². The number of methoxy groups -OCH3 is 1. The molecule has 0 bridgehead atoms. The molecule has 2 saturated carbocycles. The number of aromatic amines is 1. The van der Waals surface area contributed by atoms with Gasteiger partial charge in [-0.15, -0.1) is 0 Å². The summed E-state index contributed by atoms with van der Waals surface area (Å²) in [6.07, 6.45) is 5.75. The summed E-state index contributed by atoms with van der Waals surface area (Å²) in [5, 5.41) is 20.9. The molecule has 27 heavy (non-hydrogen) atoms. The minimum Gasteiger partial charge on any atom is -0.466 e. The minimum atomic E-state index is -0.308. The van der Waals surface area contributed by atoms with E-state index in [0.29, 0.717) is 11.6 Å². The SMILES string of the molecule is COc1nncc(Nc2cc([C@H]3CC[C@@H](OC(=O)NC4(C)CC4)C3)[nH]n2)n1. The zero-order chi connectivity index (χ0) is 18.9. The van der Waals surface area contributed by atoms with Crippen molar-refractivity contribution in [2.24, 2.45) is 0 Å². The van der Waals surface area contributed by atoms with E-state index in [4.69, 9.17) is 9.47 Å². The second-order valence-corrected chi connectivity index (χ2v) is 7.38. The van der Waals surface area contributed by atoms with Crippen LogP contribution in [0.2, 0.25) is 0 Å². The van der Waals surface area contributed by atoms with E-state index in [-0.39, 0.29) is 29.7 Å². The lowest BCUT2D eigenvalue weighted by molar-refractivity contribution is 0.0967. The van der Waals surface area contributed by atoms with Gasteiger partial charge in [0.25, 0.3) is 0 Å². The third-order valence-corrected chi connectivity index (χ3v) is 5.08. The number of amides is 1. The van der Waals surface area contributed by atoms with Crippen molar-refractivity contribution in [3.8, 4) is 6.01 Å². The molecule has 0 radical (unpaired) electrons. The number of anilines is 2. The lowest BCUT2D eigenvalue weighted by Gasteiger charge is -2.16. The minimum absolute atomic E-state index is 0.0580. The Morgan fingerprint density at radius 1 is 1.33 bits per heavy atom. The molecular formula is C17H23N7O3. The Morgan fingerprint density at radius 2 is 2.19 bits per heavy atom. The highest BCUT2D eigenvalue weighted by Gasteiger charge is 2.40. The van der Waals surface area contributed by atoms with Crippen LogP contribution in [-0.2, 0) is 4.74 Å². The molecule has 3 N–H and O–H groups in total. The molecule has 0 spiro atoms. The summed E-state index contributed by atoms with van der Waals surface area (Å²) < 4.78 is 10.5. The molecule has 2 aliphatic rings. The molecule has 4 rings (SSSR count). The molecule has 2 fully saturated rings. The van der Waals surface area contributed by atoms with Crippen LogP contribution in [0.25, 0.3) is 0 Å². The lowest BCUT2D eigenvalue weighted by Crippen LogP contribution is -2.36. The molecule has 144 valence electrons. The Hall–Kier alpha value is -2.91. The Balaban J connectivity index is 1.31. The first-order chi connectivity index (χ1) is 13.0. The molecule has 0 unspecified atom stereocenters. The Bertz CT molecular complexity index is 820. The Morgan fingerprint density at radius 3 is 2.96 bits per heavy atom. The summed E-state index contributed by atoms with van der Waals surface area (Å²) in [5.41, 5.74) is 0.949. The first-order valence-corrected chi connectivity index (χ1v) is 9.08. The highest BCUT2D eigenvalue weighted by Crippen LogP contribution is 2.37. The summed E-state index contributed by atoms with van der Waals surface area (Å²) in [4.78, 5) is 16.1. The van der Waals surface area contributed by atoms with E-state index < -0.39 is 0 Å². The number of H-pyrrole nitrogens is 1. The van der Waals surface area contributed by atoms with E-state index in [1.54, 1.807) is 0 Å². The third-order valence-electron chi connectivity index (χ3n) is 5.08. The molecule has 2 aliphatic carbocycles. The second-order valence-electron chi connectivity index (χ2n) is 7.38. The summed E-state index contributed by atoms with van der Waals surface area (Å²) in [7, 11) is 1.48. The van der Waals surface area contributed by atoms with Crippen molar-refractivity contribution in [1.82, 2.24) is 30.7 Å². The van der Waals surface area contributed by atoms with Gasteiger partial charge in [0.15, 0.2) is 11.6 Å². The standard InChI is InChI=1S/C17H23N7O3/c1-17(5-6-17)21-16(25)27-11-4-3-10(7-11)12-8-13(23-22-12)19-14-9-18-24-15(20-14)26-2/h8-11H,3-7H2,1-2H3,(H,21,25)(H2,19,20,22,23,24)/t10-,11+/m0/s1. The maximum atomic E-state index is 12.0. The average Bonchev–Trinajstić information content (AvgIpc) is 3.02. The summed E-state index contributed by atoms with van der Waals surface area (Å²) >= 11 is 0. The van der Waals surface area contributed by atoms with Crippen molar-refractivity contribution >= 4 is 17.7 Å². The van der Waals surface area contributed by atoms with Crippen LogP contribution in [0.5, 0.6) is 6.01 Å². The van der Waals surface area contributed by atoms with E-state index >= 15 is 0 Å². The Kier molecular flexibility index (Phi) is 4.54. The molecule has 1 amide bonds. The number of ether oxygens (including phenoxy) is 2. The number of nitrogens with one attached hydrogen (secondary N) is 3. The normalized spacial score (nSPS) is 22.9. The smallest absolute Gasteiger partial charge is 0.407 e. The number of nitrogens with zero attached hydrogens (tertiary/aromatic N) is 4. The molecule has 10 heteroatoms. The van der Waals surface area contributed by atoms with Gasteiger partial charge < -0.3 is 20.1 Å². The summed E-state index contributed by atoms with van der Waals surface area (Å²) in [5.74, 6) is 1.41. The molecule has 10 nitrogen and oxygen atoms in total. The zero-order valence-electron chi connectivity index (χ0n) is 15.4. The van der Waals surface area contributed by atoms with Crippen LogP contribution in [0.3, 0.4) is 0 Å². The van der Waals surface area contributed by atoms with Crippen molar-refractivity contribution in [1.29, 1.82) is 0 Å². The Labute approximate surface area is 156 Å². The molecule has 0 aromatic carbocycles. The quantitative estimate of drug-likeness (QED) is 0.704. The average molecular weight is 373 g/mol. The van der Waals surface area contributed by atoms with Crippen molar-refractivity contribution in [2.75, 3.05) is 12.4 Å². The fourth-order valence-electron chi connectivity index (χ4n) is 3.24. The first-order valence-electron chi connectivity index (χ1n) is 9.08. The molecule has 2 atom stereocenters.